The van der Waals surface area contributed by atoms with Crippen molar-refractivity contribution in [3.63, 3.8) is 0 Å². The summed E-state index contributed by atoms with van der Waals surface area (Å²) in [5, 5.41) is 6.70. The Morgan fingerprint density at radius 2 is 2.20 bits per heavy atom. The summed E-state index contributed by atoms with van der Waals surface area (Å²) in [5.74, 6) is 1.03. The average Bonchev–Trinajstić information content (AvgIpc) is 3.10. The van der Waals surface area contributed by atoms with E-state index in [1.807, 2.05) is 11.6 Å². The third-order valence-electron chi connectivity index (χ3n) is 3.93. The fourth-order valence-electron chi connectivity index (χ4n) is 2.94. The van der Waals surface area contributed by atoms with Crippen molar-refractivity contribution >= 4 is 17.3 Å². The topological polar surface area (TPSA) is 42.7 Å². The van der Waals surface area contributed by atoms with Crippen molar-refractivity contribution in [2.24, 2.45) is 0 Å². The number of hydrogen-bond acceptors (Lipinski definition) is 4. The maximum atomic E-state index is 4.64. The first-order valence-corrected chi connectivity index (χ1v) is 8.38. The molecule has 0 aliphatic heterocycles. The molecule has 1 fully saturated rings. The van der Waals surface area contributed by atoms with Crippen LogP contribution in [0.5, 0.6) is 0 Å². The van der Waals surface area contributed by atoms with Gasteiger partial charge in [-0.2, -0.15) is 0 Å². The van der Waals surface area contributed by atoms with Gasteiger partial charge in [0.1, 0.15) is 0 Å². The fraction of sp³-hybridized carbons (Fsp3) is 0.600. The zero-order valence-corrected chi connectivity index (χ0v) is 12.8. The van der Waals surface area contributed by atoms with E-state index in [1.165, 1.54) is 37.1 Å². The zero-order valence-electron chi connectivity index (χ0n) is 12.0. The summed E-state index contributed by atoms with van der Waals surface area (Å²) in [6.07, 6.45) is 11.7. The Morgan fingerprint density at radius 3 is 2.95 bits per heavy atom. The fourth-order valence-corrected chi connectivity index (χ4v) is 3.56. The lowest BCUT2D eigenvalue weighted by Crippen LogP contribution is -2.16. The summed E-state index contributed by atoms with van der Waals surface area (Å²) < 4.78 is 2.36. The van der Waals surface area contributed by atoms with Crippen molar-refractivity contribution in [1.29, 1.82) is 0 Å². The molecule has 0 saturated heterocycles. The molecule has 0 unspecified atom stereocenters. The van der Waals surface area contributed by atoms with Crippen LogP contribution in [-0.4, -0.2) is 21.1 Å². The van der Waals surface area contributed by atoms with E-state index in [9.17, 15) is 0 Å². The van der Waals surface area contributed by atoms with E-state index in [2.05, 4.69) is 33.0 Å². The Morgan fingerprint density at radius 1 is 1.35 bits per heavy atom. The van der Waals surface area contributed by atoms with Crippen LogP contribution in [0.1, 0.15) is 48.8 Å². The monoisotopic (exact) mass is 290 g/mol. The smallest absolute Gasteiger partial charge is 0.203 e. The highest BCUT2D eigenvalue weighted by Crippen LogP contribution is 2.30. The van der Waals surface area contributed by atoms with Crippen LogP contribution in [0.25, 0.3) is 0 Å². The molecule has 0 amide bonds. The minimum absolute atomic E-state index is 0.632. The standard InChI is InChI=1S/C15H22N4S/c1-12-11-19(13-5-3-2-4-6-13)15(18-12)17-8-7-14-16-9-10-20-14/h9-11,13H,2-8H2,1H3,(H,17,18). The Labute approximate surface area is 124 Å². The number of rotatable bonds is 5. The van der Waals surface area contributed by atoms with Crippen LogP contribution in [-0.2, 0) is 6.42 Å². The first-order chi connectivity index (χ1) is 9.83. The predicted molar refractivity (Wildman–Crippen MR) is 83.4 cm³/mol. The predicted octanol–water partition coefficient (Wildman–Crippen LogP) is 3.81. The van der Waals surface area contributed by atoms with Crippen LogP contribution >= 0.6 is 11.3 Å². The molecule has 4 nitrogen and oxygen atoms in total. The number of nitrogens with zero attached hydrogens (tertiary/aromatic N) is 3. The van der Waals surface area contributed by atoms with Crippen molar-refractivity contribution in [3.05, 3.63) is 28.5 Å². The van der Waals surface area contributed by atoms with Gasteiger partial charge in [-0.1, -0.05) is 19.3 Å². The first-order valence-electron chi connectivity index (χ1n) is 7.50. The van der Waals surface area contributed by atoms with Gasteiger partial charge in [0.15, 0.2) is 0 Å². The summed E-state index contributed by atoms with van der Waals surface area (Å²) in [6.45, 7) is 2.97. The van der Waals surface area contributed by atoms with E-state index >= 15 is 0 Å². The lowest BCUT2D eigenvalue weighted by Gasteiger charge is -2.24. The molecule has 0 spiro atoms. The third kappa shape index (κ3) is 3.20. The van der Waals surface area contributed by atoms with Crippen molar-refractivity contribution in [3.8, 4) is 0 Å². The van der Waals surface area contributed by atoms with Crippen LogP contribution in [0.4, 0.5) is 5.95 Å². The zero-order chi connectivity index (χ0) is 13.8. The maximum Gasteiger partial charge on any atom is 0.203 e. The van der Waals surface area contributed by atoms with Crippen LogP contribution < -0.4 is 5.32 Å². The quantitative estimate of drug-likeness (QED) is 0.910. The number of imidazole rings is 1. The minimum atomic E-state index is 0.632. The highest BCUT2D eigenvalue weighted by atomic mass is 32.1. The molecule has 2 aromatic rings. The van der Waals surface area contributed by atoms with Crippen LogP contribution in [0.2, 0.25) is 0 Å². The van der Waals surface area contributed by atoms with Gasteiger partial charge in [0.25, 0.3) is 0 Å². The lowest BCUT2D eigenvalue weighted by molar-refractivity contribution is 0.355. The molecular formula is C15H22N4S. The van der Waals surface area contributed by atoms with E-state index in [-0.39, 0.29) is 0 Å². The van der Waals surface area contributed by atoms with Gasteiger partial charge in [-0.3, -0.25) is 0 Å². The maximum absolute atomic E-state index is 4.64. The van der Waals surface area contributed by atoms with Crippen LogP contribution in [0.3, 0.4) is 0 Å². The lowest BCUT2D eigenvalue weighted by atomic mass is 9.95. The molecule has 3 rings (SSSR count). The molecule has 2 heterocycles. The second kappa shape index (κ2) is 6.39. The third-order valence-corrected chi connectivity index (χ3v) is 4.77. The molecule has 20 heavy (non-hydrogen) atoms. The number of aromatic nitrogens is 3. The number of thiazole rings is 1. The molecule has 2 aromatic heterocycles. The van der Waals surface area contributed by atoms with E-state index in [0.29, 0.717) is 6.04 Å². The van der Waals surface area contributed by atoms with Gasteiger partial charge in [0.05, 0.1) is 10.7 Å². The van der Waals surface area contributed by atoms with E-state index in [0.717, 1.165) is 24.6 Å². The van der Waals surface area contributed by atoms with Crippen molar-refractivity contribution in [2.45, 2.75) is 51.5 Å². The van der Waals surface area contributed by atoms with Gasteiger partial charge in [-0.25, -0.2) is 9.97 Å². The highest BCUT2D eigenvalue weighted by molar-refractivity contribution is 7.09. The second-order valence-electron chi connectivity index (χ2n) is 5.51. The number of aryl methyl sites for hydroxylation is 1. The Kier molecular flexibility index (Phi) is 4.35. The van der Waals surface area contributed by atoms with Crippen LogP contribution in [0, 0.1) is 6.92 Å². The van der Waals surface area contributed by atoms with Gasteiger partial charge in [0.2, 0.25) is 5.95 Å². The van der Waals surface area contributed by atoms with E-state index in [4.69, 9.17) is 0 Å². The first kappa shape index (κ1) is 13.6. The summed E-state index contributed by atoms with van der Waals surface area (Å²) in [5.41, 5.74) is 1.10. The average molecular weight is 290 g/mol. The second-order valence-corrected chi connectivity index (χ2v) is 6.49. The Bertz CT molecular complexity index is 526. The molecule has 1 aliphatic carbocycles. The minimum Gasteiger partial charge on any atom is -0.355 e. The van der Waals surface area contributed by atoms with Gasteiger partial charge >= 0.3 is 0 Å². The highest BCUT2D eigenvalue weighted by Gasteiger charge is 2.18. The molecule has 1 N–H and O–H groups in total. The molecule has 0 atom stereocenters. The van der Waals surface area contributed by atoms with E-state index < -0.39 is 0 Å². The number of nitrogens with one attached hydrogen (secondary N) is 1. The Balaban J connectivity index is 1.63. The molecule has 0 aromatic carbocycles. The van der Waals surface area contributed by atoms with Gasteiger partial charge in [-0.05, 0) is 19.8 Å². The summed E-state index contributed by atoms with van der Waals surface area (Å²) in [7, 11) is 0. The molecule has 1 aliphatic rings. The number of hydrogen-bond donors (Lipinski definition) is 1. The van der Waals surface area contributed by atoms with Gasteiger partial charge in [-0.15, -0.1) is 11.3 Å². The molecule has 108 valence electrons. The summed E-state index contributed by atoms with van der Waals surface area (Å²) in [6, 6.07) is 0.632. The summed E-state index contributed by atoms with van der Waals surface area (Å²) in [4.78, 5) is 8.96. The molecule has 0 radical (unpaired) electrons. The molecule has 0 bridgehead atoms. The largest absolute Gasteiger partial charge is 0.355 e. The number of anilines is 1. The Hall–Kier alpha value is -1.36. The van der Waals surface area contributed by atoms with Crippen molar-refractivity contribution < 1.29 is 0 Å². The molecular weight excluding hydrogens is 268 g/mol. The van der Waals surface area contributed by atoms with Crippen molar-refractivity contribution in [2.75, 3.05) is 11.9 Å². The van der Waals surface area contributed by atoms with Gasteiger partial charge in [0, 0.05) is 36.8 Å². The van der Waals surface area contributed by atoms with Crippen molar-refractivity contribution in [1.82, 2.24) is 14.5 Å². The SMILES string of the molecule is Cc1cn(C2CCCCC2)c(NCCc2nccs2)n1. The molecule has 5 heteroatoms. The van der Waals surface area contributed by atoms with Gasteiger partial charge < -0.3 is 9.88 Å². The van der Waals surface area contributed by atoms with E-state index in [1.54, 1.807) is 11.3 Å². The molecule has 1 saturated carbocycles. The van der Waals surface area contributed by atoms with Crippen LogP contribution in [0.15, 0.2) is 17.8 Å². The summed E-state index contributed by atoms with van der Waals surface area (Å²) >= 11 is 1.72. The normalized spacial score (nSPS) is 16.4.